The Balaban J connectivity index is 0.00000264. The number of thioether (sulfide) groups is 1. The summed E-state index contributed by atoms with van der Waals surface area (Å²) >= 11 is 1.65. The largest absolute Gasteiger partial charge is 0.496 e. The molecule has 1 unspecified atom stereocenters. The van der Waals surface area contributed by atoms with Crippen molar-refractivity contribution < 1.29 is 14.3 Å². The van der Waals surface area contributed by atoms with Crippen LogP contribution in [0.25, 0.3) is 0 Å². The molecule has 1 fully saturated rings. The minimum atomic E-state index is 0. The topological polar surface area (TPSA) is 50.8 Å². The van der Waals surface area contributed by atoms with Gasteiger partial charge in [0.15, 0.2) is 0 Å². The standard InChI is InChI=1S/C16H24N2O3S.ClH/c1-18(16(19)9-13-11-21-7-6-17-13)10-12-4-5-15(22-3)14(8-12)20-2;/h4-5,8,13,17H,6-7,9-11H2,1-3H3;1H. The number of hydrogen-bond acceptors (Lipinski definition) is 5. The van der Waals surface area contributed by atoms with E-state index >= 15 is 0 Å². The highest BCUT2D eigenvalue weighted by Gasteiger charge is 2.19. The summed E-state index contributed by atoms with van der Waals surface area (Å²) < 4.78 is 10.8. The first-order valence-corrected chi connectivity index (χ1v) is 8.62. The number of methoxy groups -OCH3 is 1. The first-order valence-electron chi connectivity index (χ1n) is 7.40. The third-order valence-electron chi connectivity index (χ3n) is 3.71. The van der Waals surface area contributed by atoms with Crippen molar-refractivity contribution in [2.45, 2.75) is 23.9 Å². The zero-order valence-electron chi connectivity index (χ0n) is 13.8. The third-order valence-corrected chi connectivity index (χ3v) is 4.49. The quantitative estimate of drug-likeness (QED) is 0.788. The lowest BCUT2D eigenvalue weighted by molar-refractivity contribution is -0.131. The number of rotatable bonds is 6. The van der Waals surface area contributed by atoms with Crippen molar-refractivity contribution >= 4 is 30.1 Å². The molecule has 1 heterocycles. The first-order chi connectivity index (χ1) is 10.6. The van der Waals surface area contributed by atoms with Crippen molar-refractivity contribution in [1.82, 2.24) is 10.2 Å². The Morgan fingerprint density at radius 2 is 2.30 bits per heavy atom. The molecule has 0 aliphatic carbocycles. The van der Waals surface area contributed by atoms with Gasteiger partial charge in [0.05, 0.1) is 20.3 Å². The zero-order chi connectivity index (χ0) is 15.9. The average molecular weight is 361 g/mol. The number of nitrogens with one attached hydrogen (secondary N) is 1. The molecule has 0 saturated carbocycles. The van der Waals surface area contributed by atoms with Crippen LogP contribution in [0.1, 0.15) is 12.0 Å². The molecule has 0 bridgehead atoms. The third kappa shape index (κ3) is 5.88. The van der Waals surface area contributed by atoms with Crippen LogP contribution < -0.4 is 10.1 Å². The summed E-state index contributed by atoms with van der Waals surface area (Å²) in [6, 6.07) is 6.20. The highest BCUT2D eigenvalue weighted by Crippen LogP contribution is 2.28. The predicted octanol–water partition coefficient (Wildman–Crippen LogP) is 2.18. The van der Waals surface area contributed by atoms with Crippen molar-refractivity contribution in [2.24, 2.45) is 0 Å². The molecule has 1 amide bonds. The van der Waals surface area contributed by atoms with Crippen LogP contribution in [0.15, 0.2) is 23.1 Å². The molecule has 5 nitrogen and oxygen atoms in total. The molecule has 0 spiro atoms. The molecule has 0 aromatic heterocycles. The molecule has 1 aliphatic heterocycles. The van der Waals surface area contributed by atoms with Crippen molar-refractivity contribution in [3.8, 4) is 5.75 Å². The van der Waals surface area contributed by atoms with E-state index in [1.54, 1.807) is 23.8 Å². The lowest BCUT2D eigenvalue weighted by atomic mass is 10.1. The monoisotopic (exact) mass is 360 g/mol. The maximum absolute atomic E-state index is 12.3. The van der Waals surface area contributed by atoms with Gasteiger partial charge in [-0.1, -0.05) is 6.07 Å². The van der Waals surface area contributed by atoms with Gasteiger partial charge in [0, 0.05) is 37.5 Å². The number of halogens is 1. The Morgan fingerprint density at radius 3 is 2.91 bits per heavy atom. The van der Waals surface area contributed by atoms with Gasteiger partial charge in [-0.25, -0.2) is 0 Å². The zero-order valence-corrected chi connectivity index (χ0v) is 15.5. The maximum atomic E-state index is 12.3. The number of carbonyl (C=O) groups is 1. The molecule has 2 rings (SSSR count). The molecule has 1 aromatic rings. The Kier molecular flexibility index (Phi) is 8.76. The highest BCUT2D eigenvalue weighted by atomic mass is 35.5. The molecule has 1 N–H and O–H groups in total. The Morgan fingerprint density at radius 1 is 1.52 bits per heavy atom. The van der Waals surface area contributed by atoms with E-state index in [1.807, 2.05) is 31.5 Å². The SMILES string of the molecule is COc1cc(CN(C)C(=O)CC2COCCN2)ccc1SC.Cl. The molecular weight excluding hydrogens is 336 g/mol. The van der Waals surface area contributed by atoms with Crippen LogP contribution in [0.2, 0.25) is 0 Å². The van der Waals surface area contributed by atoms with Crippen LogP contribution in [0.5, 0.6) is 5.75 Å². The van der Waals surface area contributed by atoms with Gasteiger partial charge in [0.2, 0.25) is 5.91 Å². The van der Waals surface area contributed by atoms with Gasteiger partial charge in [0.25, 0.3) is 0 Å². The van der Waals surface area contributed by atoms with E-state index < -0.39 is 0 Å². The van der Waals surface area contributed by atoms with Gasteiger partial charge < -0.3 is 19.7 Å². The highest BCUT2D eigenvalue weighted by molar-refractivity contribution is 7.98. The van der Waals surface area contributed by atoms with Gasteiger partial charge in [0.1, 0.15) is 5.75 Å². The Hall–Kier alpha value is -0.950. The van der Waals surface area contributed by atoms with Crippen molar-refractivity contribution in [3.63, 3.8) is 0 Å². The van der Waals surface area contributed by atoms with Gasteiger partial charge in [-0.2, -0.15) is 0 Å². The van der Waals surface area contributed by atoms with Gasteiger partial charge >= 0.3 is 0 Å². The van der Waals surface area contributed by atoms with Crippen molar-refractivity contribution in [3.05, 3.63) is 23.8 Å². The molecule has 23 heavy (non-hydrogen) atoms. The van der Waals surface area contributed by atoms with Gasteiger partial charge in [-0.15, -0.1) is 24.2 Å². The molecule has 1 saturated heterocycles. The van der Waals surface area contributed by atoms with E-state index in [-0.39, 0.29) is 24.4 Å². The fraction of sp³-hybridized carbons (Fsp3) is 0.562. The van der Waals surface area contributed by atoms with Crippen LogP contribution in [0.3, 0.4) is 0 Å². The number of ether oxygens (including phenoxy) is 2. The summed E-state index contributed by atoms with van der Waals surface area (Å²) in [6.45, 7) is 2.73. The van der Waals surface area contributed by atoms with Crippen molar-refractivity contribution in [2.75, 3.05) is 40.2 Å². The Bertz CT molecular complexity index is 510. The molecule has 130 valence electrons. The second kappa shape index (κ2) is 10.0. The molecule has 1 atom stereocenters. The van der Waals surface area contributed by atoms with Gasteiger partial charge in [-0.05, 0) is 24.0 Å². The molecule has 1 aliphatic rings. The summed E-state index contributed by atoms with van der Waals surface area (Å²) in [5.74, 6) is 0.976. The van der Waals surface area contributed by atoms with Crippen LogP contribution in [-0.4, -0.2) is 57.0 Å². The molecule has 1 aromatic carbocycles. The number of nitrogens with zero attached hydrogens (tertiary/aromatic N) is 1. The summed E-state index contributed by atoms with van der Waals surface area (Å²) in [5, 5.41) is 3.31. The van der Waals surface area contributed by atoms with E-state index in [9.17, 15) is 4.79 Å². The van der Waals surface area contributed by atoms with Crippen LogP contribution in [-0.2, 0) is 16.1 Å². The first kappa shape index (κ1) is 20.1. The summed E-state index contributed by atoms with van der Waals surface area (Å²) in [7, 11) is 3.50. The van der Waals surface area contributed by atoms with E-state index in [0.29, 0.717) is 19.6 Å². The number of benzene rings is 1. The van der Waals surface area contributed by atoms with E-state index in [0.717, 1.165) is 29.4 Å². The van der Waals surface area contributed by atoms with Crippen LogP contribution >= 0.6 is 24.2 Å². The maximum Gasteiger partial charge on any atom is 0.224 e. The molecule has 0 radical (unpaired) electrons. The van der Waals surface area contributed by atoms with E-state index in [1.165, 1.54) is 0 Å². The van der Waals surface area contributed by atoms with Gasteiger partial charge in [-0.3, -0.25) is 4.79 Å². The van der Waals surface area contributed by atoms with E-state index in [4.69, 9.17) is 9.47 Å². The number of carbonyl (C=O) groups excluding carboxylic acids is 1. The second-order valence-corrected chi connectivity index (χ2v) is 6.22. The van der Waals surface area contributed by atoms with Crippen LogP contribution in [0, 0.1) is 0 Å². The smallest absolute Gasteiger partial charge is 0.224 e. The fourth-order valence-corrected chi connectivity index (χ4v) is 3.01. The lowest BCUT2D eigenvalue weighted by Gasteiger charge is -2.26. The second-order valence-electron chi connectivity index (χ2n) is 5.37. The van der Waals surface area contributed by atoms with Crippen molar-refractivity contribution in [1.29, 1.82) is 0 Å². The molecule has 7 heteroatoms. The minimum absolute atomic E-state index is 0. The summed E-state index contributed by atoms with van der Waals surface area (Å²) in [6.07, 6.45) is 2.49. The fourth-order valence-electron chi connectivity index (χ4n) is 2.46. The summed E-state index contributed by atoms with van der Waals surface area (Å²) in [5.41, 5.74) is 1.07. The van der Waals surface area contributed by atoms with E-state index in [2.05, 4.69) is 5.32 Å². The lowest BCUT2D eigenvalue weighted by Crippen LogP contribution is -2.44. The number of hydrogen-bond donors (Lipinski definition) is 1. The average Bonchev–Trinajstić information content (AvgIpc) is 2.55. The summed E-state index contributed by atoms with van der Waals surface area (Å²) in [4.78, 5) is 15.1. The van der Waals surface area contributed by atoms with Crippen LogP contribution in [0.4, 0.5) is 0 Å². The number of amides is 1. The predicted molar refractivity (Wildman–Crippen MR) is 95.7 cm³/mol. The molecular formula is C16H25ClN2O3S. The number of morpholine rings is 1. The Labute approximate surface area is 148 Å². The minimum Gasteiger partial charge on any atom is -0.496 e. The normalized spacial score (nSPS) is 17.3.